The predicted molar refractivity (Wildman–Crippen MR) is 87.2 cm³/mol. The van der Waals surface area contributed by atoms with E-state index in [1.165, 1.54) is 0 Å². The van der Waals surface area contributed by atoms with Crippen LogP contribution in [0.3, 0.4) is 0 Å². The van der Waals surface area contributed by atoms with E-state index in [1.54, 1.807) is 0 Å². The third-order valence-electron chi connectivity index (χ3n) is 2.39. The van der Waals surface area contributed by atoms with Crippen LogP contribution in [0.1, 0.15) is 31.7 Å². The molecular weight excluding hydrogens is 339 g/mol. The molecule has 0 radical (unpaired) electrons. The van der Waals surface area contributed by atoms with Gasteiger partial charge in [-0.15, -0.1) is 24.0 Å². The van der Waals surface area contributed by atoms with Crippen LogP contribution in [0, 0.1) is 12.8 Å². The summed E-state index contributed by atoms with van der Waals surface area (Å²) in [6.45, 7) is 7.74. The van der Waals surface area contributed by atoms with E-state index in [4.69, 9.17) is 5.73 Å². The van der Waals surface area contributed by atoms with Gasteiger partial charge in [-0.05, 0) is 31.4 Å². The molecule has 4 nitrogen and oxygen atoms in total. The standard InChI is InChI=1S/C13H22N4.HI/c1-10(2)7-8-15-13(14)16-9-12-6-4-5-11(3)17-12;/h4-6,10H,7-9H2,1-3H3,(H3,14,15,16);1H. The number of hydrogen-bond donors (Lipinski definition) is 2. The average Bonchev–Trinajstić information content (AvgIpc) is 2.26. The molecule has 1 rings (SSSR count). The molecule has 0 saturated heterocycles. The van der Waals surface area contributed by atoms with Crippen molar-refractivity contribution in [1.29, 1.82) is 0 Å². The van der Waals surface area contributed by atoms with Gasteiger partial charge >= 0.3 is 0 Å². The molecular formula is C13H23IN4. The number of hydrogen-bond acceptors (Lipinski definition) is 2. The summed E-state index contributed by atoms with van der Waals surface area (Å²) in [6, 6.07) is 5.91. The maximum Gasteiger partial charge on any atom is 0.188 e. The number of aromatic nitrogens is 1. The maximum atomic E-state index is 5.76. The summed E-state index contributed by atoms with van der Waals surface area (Å²) in [5.74, 6) is 1.17. The van der Waals surface area contributed by atoms with Crippen LogP contribution in [0.5, 0.6) is 0 Å². The molecule has 0 amide bonds. The molecule has 3 N–H and O–H groups in total. The number of guanidine groups is 1. The smallest absolute Gasteiger partial charge is 0.188 e. The van der Waals surface area contributed by atoms with Crippen LogP contribution in [0.2, 0.25) is 0 Å². The van der Waals surface area contributed by atoms with E-state index in [1.807, 2.05) is 25.1 Å². The van der Waals surface area contributed by atoms with Crippen molar-refractivity contribution in [3.8, 4) is 0 Å². The van der Waals surface area contributed by atoms with Gasteiger partial charge in [0.15, 0.2) is 5.96 Å². The van der Waals surface area contributed by atoms with Crippen LogP contribution in [-0.2, 0) is 6.54 Å². The van der Waals surface area contributed by atoms with E-state index < -0.39 is 0 Å². The highest BCUT2D eigenvalue weighted by molar-refractivity contribution is 14.0. The number of rotatable bonds is 5. The van der Waals surface area contributed by atoms with Gasteiger partial charge in [0, 0.05) is 12.2 Å². The maximum absolute atomic E-state index is 5.76. The topological polar surface area (TPSA) is 63.3 Å². The van der Waals surface area contributed by atoms with E-state index in [9.17, 15) is 0 Å². The van der Waals surface area contributed by atoms with Crippen molar-refractivity contribution in [2.75, 3.05) is 6.54 Å². The highest BCUT2D eigenvalue weighted by atomic mass is 127. The molecule has 0 spiro atoms. The Kier molecular flexibility index (Phi) is 8.70. The monoisotopic (exact) mass is 362 g/mol. The summed E-state index contributed by atoms with van der Waals surface area (Å²) in [4.78, 5) is 8.62. The zero-order chi connectivity index (χ0) is 12.7. The summed E-state index contributed by atoms with van der Waals surface area (Å²) in [6.07, 6.45) is 1.10. The lowest BCUT2D eigenvalue weighted by Crippen LogP contribution is -2.32. The molecule has 0 bridgehead atoms. The molecule has 0 atom stereocenters. The van der Waals surface area contributed by atoms with Crippen LogP contribution in [0.4, 0.5) is 0 Å². The molecule has 1 aromatic heterocycles. The van der Waals surface area contributed by atoms with Gasteiger partial charge in [-0.25, -0.2) is 4.99 Å². The number of nitrogens with one attached hydrogen (secondary N) is 1. The van der Waals surface area contributed by atoms with E-state index >= 15 is 0 Å². The summed E-state index contributed by atoms with van der Waals surface area (Å²) in [5.41, 5.74) is 7.70. The van der Waals surface area contributed by atoms with Gasteiger partial charge in [0.05, 0.1) is 12.2 Å². The first-order chi connectivity index (χ1) is 8.08. The average molecular weight is 362 g/mol. The molecule has 1 heterocycles. The molecule has 0 aliphatic carbocycles. The van der Waals surface area contributed by atoms with Gasteiger partial charge in [0.1, 0.15) is 0 Å². The van der Waals surface area contributed by atoms with Gasteiger partial charge in [-0.3, -0.25) is 4.98 Å². The Bertz CT molecular complexity index is 377. The van der Waals surface area contributed by atoms with E-state index in [0.29, 0.717) is 18.4 Å². The Morgan fingerprint density at radius 3 is 2.78 bits per heavy atom. The van der Waals surface area contributed by atoms with Gasteiger partial charge < -0.3 is 11.1 Å². The zero-order valence-electron chi connectivity index (χ0n) is 11.3. The second-order valence-electron chi connectivity index (χ2n) is 4.58. The van der Waals surface area contributed by atoms with Crippen molar-refractivity contribution in [3.63, 3.8) is 0 Å². The predicted octanol–water partition coefficient (Wildman–Crippen LogP) is 2.46. The van der Waals surface area contributed by atoms with Crippen molar-refractivity contribution in [2.24, 2.45) is 16.6 Å². The van der Waals surface area contributed by atoms with Crippen LogP contribution < -0.4 is 11.1 Å². The Hall–Kier alpha value is -0.850. The molecule has 0 aliphatic heterocycles. The summed E-state index contributed by atoms with van der Waals surface area (Å²) in [5, 5.41) is 3.10. The highest BCUT2D eigenvalue weighted by Gasteiger charge is 1.96. The fourth-order valence-electron chi connectivity index (χ4n) is 1.40. The minimum atomic E-state index is 0. The largest absolute Gasteiger partial charge is 0.370 e. The van der Waals surface area contributed by atoms with Crippen LogP contribution in [0.25, 0.3) is 0 Å². The number of aryl methyl sites for hydroxylation is 1. The van der Waals surface area contributed by atoms with Crippen LogP contribution >= 0.6 is 24.0 Å². The van der Waals surface area contributed by atoms with Gasteiger partial charge in [0.25, 0.3) is 0 Å². The first-order valence-electron chi connectivity index (χ1n) is 6.04. The van der Waals surface area contributed by atoms with Crippen molar-refractivity contribution in [3.05, 3.63) is 29.6 Å². The fraction of sp³-hybridized carbons (Fsp3) is 0.538. The minimum Gasteiger partial charge on any atom is -0.370 e. The van der Waals surface area contributed by atoms with Crippen molar-refractivity contribution < 1.29 is 0 Å². The van der Waals surface area contributed by atoms with Crippen LogP contribution in [-0.4, -0.2) is 17.5 Å². The van der Waals surface area contributed by atoms with Gasteiger partial charge in [-0.2, -0.15) is 0 Å². The van der Waals surface area contributed by atoms with Gasteiger partial charge in [0.2, 0.25) is 0 Å². The molecule has 0 saturated carbocycles. The summed E-state index contributed by atoms with van der Waals surface area (Å²) >= 11 is 0. The summed E-state index contributed by atoms with van der Waals surface area (Å²) < 4.78 is 0. The number of nitrogens with zero attached hydrogens (tertiary/aromatic N) is 2. The normalized spacial score (nSPS) is 11.2. The van der Waals surface area contributed by atoms with Crippen molar-refractivity contribution in [2.45, 2.75) is 33.7 Å². The second kappa shape index (κ2) is 9.13. The SMILES string of the molecule is Cc1cccc(CN=C(N)NCCC(C)C)n1.I. The number of aliphatic imine (C=N–C) groups is 1. The molecule has 0 aliphatic rings. The molecule has 0 fully saturated rings. The van der Waals surface area contributed by atoms with E-state index in [0.717, 1.165) is 24.4 Å². The lowest BCUT2D eigenvalue weighted by atomic mass is 10.1. The lowest BCUT2D eigenvalue weighted by molar-refractivity contribution is 0.576. The zero-order valence-corrected chi connectivity index (χ0v) is 13.6. The summed E-state index contributed by atoms with van der Waals surface area (Å²) in [7, 11) is 0. The van der Waals surface area contributed by atoms with Crippen molar-refractivity contribution >= 4 is 29.9 Å². The first-order valence-corrected chi connectivity index (χ1v) is 6.04. The van der Waals surface area contributed by atoms with E-state index in [2.05, 4.69) is 29.1 Å². The Morgan fingerprint density at radius 1 is 1.44 bits per heavy atom. The van der Waals surface area contributed by atoms with Crippen molar-refractivity contribution in [1.82, 2.24) is 10.3 Å². The highest BCUT2D eigenvalue weighted by Crippen LogP contribution is 1.99. The Morgan fingerprint density at radius 2 is 2.17 bits per heavy atom. The number of halogens is 1. The third kappa shape index (κ3) is 7.47. The quantitative estimate of drug-likeness (QED) is 0.481. The molecule has 18 heavy (non-hydrogen) atoms. The molecule has 0 aromatic carbocycles. The fourth-order valence-corrected chi connectivity index (χ4v) is 1.40. The number of pyridine rings is 1. The van der Waals surface area contributed by atoms with Crippen LogP contribution in [0.15, 0.2) is 23.2 Å². The minimum absolute atomic E-state index is 0. The second-order valence-corrected chi connectivity index (χ2v) is 4.58. The molecule has 0 unspecified atom stereocenters. The molecule has 1 aromatic rings. The number of nitrogens with two attached hydrogens (primary N) is 1. The third-order valence-corrected chi connectivity index (χ3v) is 2.39. The van der Waals surface area contributed by atoms with Gasteiger partial charge in [-0.1, -0.05) is 19.9 Å². The molecule has 102 valence electrons. The Labute approximate surface area is 126 Å². The Balaban J connectivity index is 0.00000289. The van der Waals surface area contributed by atoms with E-state index in [-0.39, 0.29) is 24.0 Å². The first kappa shape index (κ1) is 17.2. The molecule has 5 heteroatoms. The lowest BCUT2D eigenvalue weighted by Gasteiger charge is -2.07.